The van der Waals surface area contributed by atoms with Crippen LogP contribution >= 0.6 is 0 Å². The molecule has 0 aromatic heterocycles. The summed E-state index contributed by atoms with van der Waals surface area (Å²) in [6, 6.07) is 15.5. The number of hydrogen-bond acceptors (Lipinski definition) is 2. The first-order valence-electron chi connectivity index (χ1n) is 7.42. The van der Waals surface area contributed by atoms with E-state index in [1.54, 1.807) is 0 Å². The number of carbonyl (C=O) groups is 1. The molecule has 2 N–H and O–H groups in total. The summed E-state index contributed by atoms with van der Waals surface area (Å²) >= 11 is 0. The fraction of sp³-hybridized carbons (Fsp3) is 0.278. The molecule has 0 bridgehead atoms. The van der Waals surface area contributed by atoms with Gasteiger partial charge >= 0.3 is 6.09 Å². The Morgan fingerprint density at radius 3 is 2.45 bits per heavy atom. The Balaban J connectivity index is 1.78. The highest BCUT2D eigenvalue weighted by Gasteiger charge is 2.30. The summed E-state index contributed by atoms with van der Waals surface area (Å²) < 4.78 is 0. The van der Waals surface area contributed by atoms with Gasteiger partial charge < -0.3 is 15.1 Å². The first-order valence-corrected chi connectivity index (χ1v) is 7.42. The molecule has 22 heavy (non-hydrogen) atoms. The van der Waals surface area contributed by atoms with Gasteiger partial charge in [0.25, 0.3) is 0 Å². The van der Waals surface area contributed by atoms with Gasteiger partial charge in [0.05, 0.1) is 6.61 Å². The quantitative estimate of drug-likeness (QED) is 0.912. The molecule has 2 aromatic carbocycles. The van der Waals surface area contributed by atoms with E-state index in [0.717, 1.165) is 23.1 Å². The van der Waals surface area contributed by atoms with Gasteiger partial charge in [0.15, 0.2) is 0 Å². The smallest absolute Gasteiger partial charge is 0.407 e. The lowest BCUT2D eigenvalue weighted by molar-refractivity contribution is 0.122. The van der Waals surface area contributed by atoms with Crippen LogP contribution in [0.25, 0.3) is 0 Å². The van der Waals surface area contributed by atoms with Gasteiger partial charge in [-0.3, -0.25) is 0 Å². The van der Waals surface area contributed by atoms with Crippen LogP contribution in [0.5, 0.6) is 0 Å². The van der Waals surface area contributed by atoms with Crippen LogP contribution in [-0.2, 0) is 26.0 Å². The molecule has 1 amide bonds. The summed E-state index contributed by atoms with van der Waals surface area (Å²) in [5.41, 5.74) is 4.21. The van der Waals surface area contributed by atoms with E-state index < -0.39 is 6.09 Å². The van der Waals surface area contributed by atoms with Gasteiger partial charge in [0.1, 0.15) is 0 Å². The fourth-order valence-corrected chi connectivity index (χ4v) is 3.10. The van der Waals surface area contributed by atoms with Gasteiger partial charge in [-0.1, -0.05) is 48.5 Å². The predicted molar refractivity (Wildman–Crippen MR) is 83.6 cm³/mol. The lowest BCUT2D eigenvalue weighted by atomic mass is 10.1. The molecule has 1 atom stereocenters. The van der Waals surface area contributed by atoms with Crippen LogP contribution in [0.1, 0.15) is 22.3 Å². The molecule has 0 heterocycles. The van der Waals surface area contributed by atoms with Crippen molar-refractivity contribution in [3.8, 4) is 0 Å². The molecule has 0 spiro atoms. The number of carboxylic acid groups (broad SMARTS) is 1. The van der Waals surface area contributed by atoms with Crippen molar-refractivity contribution in [2.45, 2.75) is 32.0 Å². The maximum atomic E-state index is 11.7. The highest BCUT2D eigenvalue weighted by Crippen LogP contribution is 2.27. The Bertz CT molecular complexity index is 669. The Kier molecular flexibility index (Phi) is 4.11. The standard InChI is InChI=1S/C18H19NO3/c20-12-14-6-7-15-9-17(10-16(15)8-14)19(18(21)22)11-13-4-2-1-3-5-13/h1-8,17,20H,9-12H2,(H,21,22)/t17-/m1/s1. The zero-order valence-electron chi connectivity index (χ0n) is 12.3. The van der Waals surface area contributed by atoms with Crippen LogP contribution in [0.15, 0.2) is 48.5 Å². The van der Waals surface area contributed by atoms with E-state index in [0.29, 0.717) is 13.0 Å². The molecule has 0 radical (unpaired) electrons. The molecule has 114 valence electrons. The van der Waals surface area contributed by atoms with Crippen molar-refractivity contribution in [1.29, 1.82) is 0 Å². The third-order valence-corrected chi connectivity index (χ3v) is 4.25. The average Bonchev–Trinajstić information content (AvgIpc) is 2.95. The molecule has 2 aromatic rings. The minimum absolute atomic E-state index is 0.0185. The van der Waals surface area contributed by atoms with Crippen LogP contribution in [0, 0.1) is 0 Å². The average molecular weight is 297 g/mol. The van der Waals surface area contributed by atoms with E-state index >= 15 is 0 Å². The van der Waals surface area contributed by atoms with E-state index in [1.807, 2.05) is 48.5 Å². The van der Waals surface area contributed by atoms with E-state index in [1.165, 1.54) is 10.5 Å². The lowest BCUT2D eigenvalue weighted by Gasteiger charge is -2.26. The van der Waals surface area contributed by atoms with Gasteiger partial charge in [0.2, 0.25) is 0 Å². The molecular weight excluding hydrogens is 278 g/mol. The molecule has 1 aliphatic rings. The second-order valence-electron chi connectivity index (χ2n) is 5.72. The summed E-state index contributed by atoms with van der Waals surface area (Å²) in [6.45, 7) is 0.423. The summed E-state index contributed by atoms with van der Waals surface area (Å²) in [5, 5.41) is 18.8. The van der Waals surface area contributed by atoms with Crippen LogP contribution in [0.2, 0.25) is 0 Å². The number of rotatable bonds is 4. The third-order valence-electron chi connectivity index (χ3n) is 4.25. The molecule has 4 nitrogen and oxygen atoms in total. The van der Waals surface area contributed by atoms with Crippen LogP contribution in [0.4, 0.5) is 4.79 Å². The molecule has 0 unspecified atom stereocenters. The normalized spacial score (nSPS) is 16.3. The molecule has 0 aliphatic heterocycles. The number of aliphatic hydroxyl groups is 1. The Hall–Kier alpha value is -2.33. The topological polar surface area (TPSA) is 60.8 Å². The maximum Gasteiger partial charge on any atom is 0.407 e. The van der Waals surface area contributed by atoms with E-state index in [2.05, 4.69) is 0 Å². The van der Waals surface area contributed by atoms with Crippen molar-refractivity contribution >= 4 is 6.09 Å². The molecule has 4 heteroatoms. The van der Waals surface area contributed by atoms with Crippen molar-refractivity contribution in [2.24, 2.45) is 0 Å². The first kappa shape index (κ1) is 14.6. The summed E-state index contributed by atoms with van der Waals surface area (Å²) in [7, 11) is 0. The van der Waals surface area contributed by atoms with Crippen molar-refractivity contribution < 1.29 is 15.0 Å². The summed E-state index contributed by atoms with van der Waals surface area (Å²) in [5.74, 6) is 0. The monoisotopic (exact) mass is 297 g/mol. The number of hydrogen-bond donors (Lipinski definition) is 2. The Morgan fingerprint density at radius 2 is 1.77 bits per heavy atom. The van der Waals surface area contributed by atoms with E-state index in [4.69, 9.17) is 0 Å². The second kappa shape index (κ2) is 6.20. The van der Waals surface area contributed by atoms with E-state index in [9.17, 15) is 15.0 Å². The minimum atomic E-state index is -0.885. The largest absolute Gasteiger partial charge is 0.465 e. The van der Waals surface area contributed by atoms with Crippen molar-refractivity contribution in [3.05, 3.63) is 70.8 Å². The third kappa shape index (κ3) is 2.97. The zero-order valence-corrected chi connectivity index (χ0v) is 12.3. The summed E-state index contributed by atoms with van der Waals surface area (Å²) in [6.07, 6.45) is 0.562. The molecular formula is C18H19NO3. The molecule has 0 saturated carbocycles. The maximum absolute atomic E-state index is 11.7. The van der Waals surface area contributed by atoms with Crippen LogP contribution in [0.3, 0.4) is 0 Å². The number of amides is 1. The van der Waals surface area contributed by atoms with E-state index in [-0.39, 0.29) is 12.6 Å². The summed E-state index contributed by atoms with van der Waals surface area (Å²) in [4.78, 5) is 13.2. The molecule has 0 saturated heterocycles. The number of fused-ring (bicyclic) bond motifs is 1. The predicted octanol–water partition coefficient (Wildman–Crippen LogP) is 2.83. The van der Waals surface area contributed by atoms with Gasteiger partial charge in [-0.25, -0.2) is 4.79 Å². The van der Waals surface area contributed by atoms with Gasteiger partial charge in [-0.05, 0) is 35.1 Å². The van der Waals surface area contributed by atoms with Gasteiger partial charge in [0, 0.05) is 12.6 Å². The highest BCUT2D eigenvalue weighted by atomic mass is 16.4. The lowest BCUT2D eigenvalue weighted by Crippen LogP contribution is -2.39. The Morgan fingerprint density at radius 1 is 1.05 bits per heavy atom. The van der Waals surface area contributed by atoms with Gasteiger partial charge in [-0.15, -0.1) is 0 Å². The van der Waals surface area contributed by atoms with Gasteiger partial charge in [-0.2, -0.15) is 0 Å². The van der Waals surface area contributed by atoms with Crippen LogP contribution in [-0.4, -0.2) is 27.2 Å². The molecule has 3 rings (SSSR count). The number of nitrogens with zero attached hydrogens (tertiary/aromatic N) is 1. The number of aliphatic hydroxyl groups excluding tert-OH is 1. The first-order chi connectivity index (χ1) is 10.7. The Labute approximate surface area is 129 Å². The van der Waals surface area contributed by atoms with Crippen LogP contribution < -0.4 is 0 Å². The van der Waals surface area contributed by atoms with Crippen molar-refractivity contribution in [1.82, 2.24) is 4.90 Å². The SMILES string of the molecule is O=C(O)N(Cc1ccccc1)[C@@H]1Cc2ccc(CO)cc2C1. The molecule has 0 fully saturated rings. The zero-order chi connectivity index (χ0) is 15.5. The number of benzene rings is 2. The van der Waals surface area contributed by atoms with Crippen molar-refractivity contribution in [2.75, 3.05) is 0 Å². The fourth-order valence-electron chi connectivity index (χ4n) is 3.10. The second-order valence-corrected chi connectivity index (χ2v) is 5.72. The molecule has 1 aliphatic carbocycles. The van der Waals surface area contributed by atoms with Crippen molar-refractivity contribution in [3.63, 3.8) is 0 Å². The highest BCUT2D eigenvalue weighted by molar-refractivity contribution is 5.66. The minimum Gasteiger partial charge on any atom is -0.465 e.